The van der Waals surface area contributed by atoms with Crippen LogP contribution in [0.2, 0.25) is 0 Å². The van der Waals surface area contributed by atoms with E-state index in [1.807, 2.05) is 84.9 Å². The summed E-state index contributed by atoms with van der Waals surface area (Å²) in [6.07, 6.45) is -3.05. The topological polar surface area (TPSA) is 135 Å². The molecule has 0 aromatic heterocycles. The fourth-order valence-electron chi connectivity index (χ4n) is 6.06. The number of amides is 1. The van der Waals surface area contributed by atoms with Crippen LogP contribution in [0.5, 0.6) is 0 Å². The maximum Gasteiger partial charge on any atom is 0.508 e. The van der Waals surface area contributed by atoms with Crippen LogP contribution in [0.25, 0.3) is 11.1 Å². The van der Waals surface area contributed by atoms with E-state index in [1.54, 1.807) is 7.05 Å². The molecule has 46 heavy (non-hydrogen) atoms. The number of likely N-dealkylation sites (N-methyl/N-ethyl adjacent to an activating group) is 1. The number of nitrogens with one attached hydrogen (secondary N) is 1. The van der Waals surface area contributed by atoms with Gasteiger partial charge in [-0.25, -0.2) is 9.59 Å². The number of nitrogens with two attached hydrogens (primary N) is 2. The Labute approximate surface area is 269 Å². The SMILES string of the molecule is CNC(Cc1ccccc1)C(COC(CN)C(Cc1ccccc1)OC(N)=O)OC(=O)OCC1c2ccccc2-c2ccccc21. The summed E-state index contributed by atoms with van der Waals surface area (Å²) < 4.78 is 23.4. The average Bonchev–Trinajstić information content (AvgIpc) is 3.40. The van der Waals surface area contributed by atoms with Crippen molar-refractivity contribution in [2.75, 3.05) is 26.8 Å². The minimum Gasteiger partial charge on any atom is -0.443 e. The fraction of sp³-hybridized carbons (Fsp3) is 0.297. The third kappa shape index (κ3) is 8.31. The molecule has 0 aliphatic heterocycles. The molecule has 4 unspecified atom stereocenters. The highest BCUT2D eigenvalue weighted by molar-refractivity contribution is 5.79. The molecule has 0 spiro atoms. The van der Waals surface area contributed by atoms with Gasteiger partial charge in [0, 0.05) is 18.9 Å². The van der Waals surface area contributed by atoms with Crippen LogP contribution >= 0.6 is 0 Å². The molecule has 4 aromatic carbocycles. The number of carbonyl (C=O) groups excluding carboxylic acids is 2. The van der Waals surface area contributed by atoms with Crippen LogP contribution in [0.4, 0.5) is 9.59 Å². The molecule has 4 atom stereocenters. The Morgan fingerprint density at radius 1 is 0.717 bits per heavy atom. The van der Waals surface area contributed by atoms with Crippen molar-refractivity contribution in [1.82, 2.24) is 5.32 Å². The van der Waals surface area contributed by atoms with Gasteiger partial charge in [-0.3, -0.25) is 0 Å². The molecule has 4 aromatic rings. The molecule has 1 amide bonds. The first kappa shape index (κ1) is 32.7. The monoisotopic (exact) mass is 623 g/mol. The fourth-order valence-corrected chi connectivity index (χ4v) is 6.06. The predicted octanol–water partition coefficient (Wildman–Crippen LogP) is 5.20. The summed E-state index contributed by atoms with van der Waals surface area (Å²) in [6, 6.07) is 35.4. The minimum absolute atomic E-state index is 0.0299. The molecule has 1 aliphatic rings. The van der Waals surface area contributed by atoms with Crippen molar-refractivity contribution in [2.24, 2.45) is 11.5 Å². The number of rotatable bonds is 15. The minimum atomic E-state index is -0.924. The highest BCUT2D eigenvalue weighted by atomic mass is 16.7. The summed E-state index contributed by atoms with van der Waals surface area (Å²) >= 11 is 0. The second-order valence-electron chi connectivity index (χ2n) is 11.3. The first-order valence-electron chi connectivity index (χ1n) is 15.5. The highest BCUT2D eigenvalue weighted by Crippen LogP contribution is 2.44. The van der Waals surface area contributed by atoms with E-state index in [9.17, 15) is 9.59 Å². The number of carbonyl (C=O) groups is 2. The number of hydrogen-bond acceptors (Lipinski definition) is 8. The van der Waals surface area contributed by atoms with E-state index in [0.29, 0.717) is 12.8 Å². The molecular weight excluding hydrogens is 582 g/mol. The van der Waals surface area contributed by atoms with E-state index in [1.165, 1.54) is 0 Å². The van der Waals surface area contributed by atoms with Crippen LogP contribution in [0.15, 0.2) is 109 Å². The third-order valence-corrected chi connectivity index (χ3v) is 8.36. The molecule has 240 valence electrons. The van der Waals surface area contributed by atoms with Crippen LogP contribution in [-0.4, -0.2) is 63.4 Å². The largest absolute Gasteiger partial charge is 0.508 e. The van der Waals surface area contributed by atoms with Gasteiger partial charge < -0.3 is 35.7 Å². The number of benzene rings is 4. The van der Waals surface area contributed by atoms with E-state index in [-0.39, 0.29) is 31.7 Å². The van der Waals surface area contributed by atoms with E-state index in [2.05, 4.69) is 29.6 Å². The quantitative estimate of drug-likeness (QED) is 0.154. The molecule has 5 N–H and O–H groups in total. The van der Waals surface area contributed by atoms with Gasteiger partial charge in [-0.2, -0.15) is 0 Å². The molecule has 0 saturated heterocycles. The normalized spacial score (nSPS) is 14.7. The summed E-state index contributed by atoms with van der Waals surface area (Å²) in [5, 5.41) is 3.27. The van der Waals surface area contributed by atoms with Gasteiger partial charge >= 0.3 is 12.2 Å². The van der Waals surface area contributed by atoms with Crippen LogP contribution in [0.1, 0.15) is 28.2 Å². The lowest BCUT2D eigenvalue weighted by Crippen LogP contribution is -2.48. The maximum atomic E-state index is 13.3. The zero-order valence-electron chi connectivity index (χ0n) is 25.9. The van der Waals surface area contributed by atoms with Gasteiger partial charge in [-0.05, 0) is 46.8 Å². The lowest BCUT2D eigenvalue weighted by molar-refractivity contribution is -0.0814. The Balaban J connectivity index is 1.30. The first-order chi connectivity index (χ1) is 22.5. The third-order valence-electron chi connectivity index (χ3n) is 8.36. The second kappa shape index (κ2) is 16.0. The summed E-state index contributed by atoms with van der Waals surface area (Å²) in [5.41, 5.74) is 18.0. The molecule has 5 rings (SSSR count). The lowest BCUT2D eigenvalue weighted by atomic mass is 9.98. The van der Waals surface area contributed by atoms with Crippen molar-refractivity contribution >= 4 is 12.2 Å². The van der Waals surface area contributed by atoms with Gasteiger partial charge in [-0.15, -0.1) is 0 Å². The van der Waals surface area contributed by atoms with Crippen LogP contribution in [0.3, 0.4) is 0 Å². The van der Waals surface area contributed by atoms with Crippen LogP contribution in [-0.2, 0) is 31.8 Å². The van der Waals surface area contributed by atoms with Gasteiger partial charge in [0.15, 0.2) is 0 Å². The smallest absolute Gasteiger partial charge is 0.443 e. The Morgan fingerprint density at radius 3 is 1.80 bits per heavy atom. The maximum absolute atomic E-state index is 13.3. The van der Waals surface area contributed by atoms with Gasteiger partial charge in [0.1, 0.15) is 24.9 Å². The molecule has 9 nitrogen and oxygen atoms in total. The zero-order chi connectivity index (χ0) is 32.3. The Kier molecular flexibility index (Phi) is 11.4. The van der Waals surface area contributed by atoms with E-state index in [4.69, 9.17) is 30.4 Å². The highest BCUT2D eigenvalue weighted by Gasteiger charge is 2.32. The van der Waals surface area contributed by atoms with E-state index in [0.717, 1.165) is 33.4 Å². The molecule has 0 fully saturated rings. The summed E-state index contributed by atoms with van der Waals surface area (Å²) in [6.45, 7) is 0.142. The van der Waals surface area contributed by atoms with Crippen LogP contribution < -0.4 is 16.8 Å². The van der Waals surface area contributed by atoms with E-state index < -0.39 is 30.6 Å². The standard InChI is InChI=1S/C37H41N3O6/c1-40-32(20-25-12-4-2-5-13-25)35(24-43-34(22-38)33(45-36(39)41)21-26-14-6-3-7-15-26)46-37(42)44-23-31-29-18-10-8-16-27(29)28-17-9-11-19-30(28)31/h2-19,31-35,40H,20-24,38H2,1H3,(H2,39,41). The number of ether oxygens (including phenoxy) is 4. The molecule has 0 radical (unpaired) electrons. The summed E-state index contributed by atoms with van der Waals surface area (Å²) in [5.74, 6) is -0.106. The number of primary amides is 1. The van der Waals surface area contributed by atoms with Crippen molar-refractivity contribution in [1.29, 1.82) is 0 Å². The van der Waals surface area contributed by atoms with Crippen molar-refractivity contribution in [3.05, 3.63) is 131 Å². The molecule has 9 heteroatoms. The van der Waals surface area contributed by atoms with Gasteiger partial charge in [0.05, 0.1) is 12.6 Å². The van der Waals surface area contributed by atoms with Crippen molar-refractivity contribution in [3.8, 4) is 11.1 Å². The van der Waals surface area contributed by atoms with Crippen LogP contribution in [0, 0.1) is 0 Å². The van der Waals surface area contributed by atoms with Crippen molar-refractivity contribution < 1.29 is 28.5 Å². The zero-order valence-corrected chi connectivity index (χ0v) is 25.9. The number of fused-ring (bicyclic) bond motifs is 3. The average molecular weight is 624 g/mol. The molecular formula is C37H41N3O6. The van der Waals surface area contributed by atoms with Gasteiger partial charge in [0.2, 0.25) is 0 Å². The molecule has 1 aliphatic carbocycles. The second-order valence-corrected chi connectivity index (χ2v) is 11.3. The Hall–Kier alpha value is -4.70. The lowest BCUT2D eigenvalue weighted by Gasteiger charge is -2.30. The summed E-state index contributed by atoms with van der Waals surface area (Å²) in [4.78, 5) is 25.1. The molecule has 0 heterocycles. The van der Waals surface area contributed by atoms with Gasteiger partial charge in [0.25, 0.3) is 0 Å². The van der Waals surface area contributed by atoms with Gasteiger partial charge in [-0.1, -0.05) is 109 Å². The van der Waals surface area contributed by atoms with Crippen molar-refractivity contribution in [3.63, 3.8) is 0 Å². The first-order valence-corrected chi connectivity index (χ1v) is 15.5. The Morgan fingerprint density at radius 2 is 1.26 bits per heavy atom. The molecule has 0 bridgehead atoms. The van der Waals surface area contributed by atoms with Crippen molar-refractivity contribution in [2.45, 2.75) is 43.1 Å². The summed E-state index contributed by atoms with van der Waals surface area (Å²) in [7, 11) is 1.80. The number of hydrogen-bond donors (Lipinski definition) is 3. The predicted molar refractivity (Wildman–Crippen MR) is 176 cm³/mol. The molecule has 0 saturated carbocycles. The van der Waals surface area contributed by atoms with E-state index >= 15 is 0 Å². The Bertz CT molecular complexity index is 1520.